The molecule has 3 fully saturated rings. The molecule has 7 unspecified atom stereocenters. The van der Waals surface area contributed by atoms with Crippen molar-refractivity contribution >= 4 is 23.9 Å². The van der Waals surface area contributed by atoms with Crippen molar-refractivity contribution in [1.82, 2.24) is 0 Å². The Labute approximate surface area is 162 Å². The van der Waals surface area contributed by atoms with Crippen LogP contribution >= 0.6 is 0 Å². The summed E-state index contributed by atoms with van der Waals surface area (Å²) >= 11 is 0. The van der Waals surface area contributed by atoms with E-state index in [1.807, 2.05) is 0 Å². The smallest absolute Gasteiger partial charge is 0.422 e. The molecule has 0 aromatic rings. The maximum absolute atomic E-state index is 12.4. The third-order valence-corrected chi connectivity index (χ3v) is 5.00. The van der Waals surface area contributed by atoms with Gasteiger partial charge in [-0.05, 0) is 6.92 Å². The van der Waals surface area contributed by atoms with E-state index >= 15 is 0 Å². The molecule has 3 rings (SSSR count). The lowest BCUT2D eigenvalue weighted by Crippen LogP contribution is -2.48. The van der Waals surface area contributed by atoms with Gasteiger partial charge in [-0.1, -0.05) is 6.58 Å². The molecule has 0 saturated carbocycles. The molecule has 0 aromatic carbocycles. The van der Waals surface area contributed by atoms with Crippen LogP contribution in [0.1, 0.15) is 13.3 Å². The molecule has 29 heavy (non-hydrogen) atoms. The molecule has 3 aliphatic rings. The van der Waals surface area contributed by atoms with E-state index in [0.29, 0.717) is 0 Å². The Hall–Kier alpha value is -2.63. The van der Waals surface area contributed by atoms with E-state index in [0.717, 1.165) is 7.11 Å². The Bertz CT molecular complexity index is 762. The van der Waals surface area contributed by atoms with E-state index in [1.165, 1.54) is 6.92 Å². The predicted molar refractivity (Wildman–Crippen MR) is 82.8 cm³/mol. The highest BCUT2D eigenvalue weighted by molar-refractivity contribution is 5.89. The number of hydrogen-bond donors (Lipinski definition) is 0. The maximum Gasteiger partial charge on any atom is 0.422 e. The summed E-state index contributed by atoms with van der Waals surface area (Å²) in [5, 5.41) is 0. The van der Waals surface area contributed by atoms with Gasteiger partial charge in [0.1, 0.15) is 35.7 Å². The van der Waals surface area contributed by atoms with Gasteiger partial charge in [0.15, 0.2) is 12.2 Å². The fourth-order valence-corrected chi connectivity index (χ4v) is 3.72. The predicted octanol–water partition coefficient (Wildman–Crippen LogP) is 0.450. The Morgan fingerprint density at radius 2 is 1.86 bits per heavy atom. The van der Waals surface area contributed by atoms with Gasteiger partial charge in [0.2, 0.25) is 0 Å². The summed E-state index contributed by atoms with van der Waals surface area (Å²) in [5.74, 6) is -5.87. The zero-order valence-electron chi connectivity index (χ0n) is 15.3. The number of fused-ring (bicyclic) bond motifs is 1. The third kappa shape index (κ3) is 3.68. The van der Waals surface area contributed by atoms with E-state index < -0.39 is 84.4 Å². The van der Waals surface area contributed by atoms with Gasteiger partial charge < -0.3 is 23.7 Å². The lowest BCUT2D eigenvalue weighted by atomic mass is 9.78. The molecule has 3 aliphatic heterocycles. The molecular formula is C17H17F3O9. The number of carbonyl (C=O) groups excluding carboxylic acids is 4. The molecule has 0 N–H and O–H groups in total. The molecular weight excluding hydrogens is 405 g/mol. The normalized spacial score (nSPS) is 33.1. The number of alkyl halides is 3. The minimum Gasteiger partial charge on any atom is -0.469 e. The van der Waals surface area contributed by atoms with Crippen LogP contribution < -0.4 is 0 Å². The molecule has 0 spiro atoms. The maximum atomic E-state index is 12.4. The van der Waals surface area contributed by atoms with Gasteiger partial charge in [0.05, 0.1) is 13.5 Å². The van der Waals surface area contributed by atoms with E-state index in [2.05, 4.69) is 16.1 Å². The van der Waals surface area contributed by atoms with Gasteiger partial charge in [0, 0.05) is 0 Å². The first kappa shape index (κ1) is 21.1. The summed E-state index contributed by atoms with van der Waals surface area (Å²) in [6.45, 7) is 3.81. The van der Waals surface area contributed by atoms with Crippen LogP contribution in [-0.4, -0.2) is 67.7 Å². The topological polar surface area (TPSA) is 114 Å². The van der Waals surface area contributed by atoms with E-state index in [4.69, 9.17) is 14.2 Å². The van der Waals surface area contributed by atoms with Crippen molar-refractivity contribution in [3.05, 3.63) is 12.2 Å². The van der Waals surface area contributed by atoms with Crippen LogP contribution in [0.3, 0.4) is 0 Å². The molecule has 9 nitrogen and oxygen atoms in total. The van der Waals surface area contributed by atoms with Crippen LogP contribution in [0.25, 0.3) is 0 Å². The van der Waals surface area contributed by atoms with Gasteiger partial charge in [-0.25, -0.2) is 4.79 Å². The Balaban J connectivity index is 1.60. The quantitative estimate of drug-likeness (QED) is 0.342. The van der Waals surface area contributed by atoms with Crippen LogP contribution in [-0.2, 0) is 42.9 Å². The molecule has 7 atom stereocenters. The number of halogens is 3. The van der Waals surface area contributed by atoms with Crippen LogP contribution in [0.2, 0.25) is 0 Å². The lowest BCUT2D eigenvalue weighted by molar-refractivity contribution is -0.167. The van der Waals surface area contributed by atoms with Crippen molar-refractivity contribution in [2.45, 2.75) is 50.0 Å². The van der Waals surface area contributed by atoms with Gasteiger partial charge in [-0.3, -0.25) is 14.4 Å². The highest BCUT2D eigenvalue weighted by Crippen LogP contribution is 2.51. The molecule has 12 heteroatoms. The molecule has 3 saturated heterocycles. The summed E-state index contributed by atoms with van der Waals surface area (Å²) in [7, 11) is 1.14. The highest BCUT2D eigenvalue weighted by atomic mass is 19.4. The molecule has 0 aromatic heterocycles. The van der Waals surface area contributed by atoms with Gasteiger partial charge in [-0.15, -0.1) is 0 Å². The second-order valence-corrected chi connectivity index (χ2v) is 6.89. The van der Waals surface area contributed by atoms with Crippen molar-refractivity contribution in [3.8, 4) is 0 Å². The van der Waals surface area contributed by atoms with Crippen LogP contribution in [0.4, 0.5) is 13.2 Å². The van der Waals surface area contributed by atoms with Gasteiger partial charge >= 0.3 is 30.1 Å². The summed E-state index contributed by atoms with van der Waals surface area (Å²) in [4.78, 5) is 47.6. The fraction of sp³-hybridized carbons (Fsp3) is 0.647. The number of esters is 4. The first-order valence-electron chi connectivity index (χ1n) is 8.56. The molecule has 0 amide bonds. The van der Waals surface area contributed by atoms with Gasteiger partial charge in [-0.2, -0.15) is 13.2 Å². The molecule has 3 heterocycles. The Morgan fingerprint density at radius 1 is 1.21 bits per heavy atom. The summed E-state index contributed by atoms with van der Waals surface area (Å²) < 4.78 is 62.5. The second kappa shape index (κ2) is 7.32. The number of hydrogen-bond acceptors (Lipinski definition) is 9. The van der Waals surface area contributed by atoms with E-state index in [9.17, 15) is 32.3 Å². The van der Waals surface area contributed by atoms with Crippen molar-refractivity contribution in [1.29, 1.82) is 0 Å². The van der Waals surface area contributed by atoms with E-state index in [1.54, 1.807) is 0 Å². The Morgan fingerprint density at radius 3 is 2.45 bits per heavy atom. The third-order valence-electron chi connectivity index (χ3n) is 5.00. The minimum atomic E-state index is -4.95. The average molecular weight is 422 g/mol. The first-order chi connectivity index (χ1) is 13.5. The number of methoxy groups -OCH3 is 1. The zero-order valence-corrected chi connectivity index (χ0v) is 15.3. The van der Waals surface area contributed by atoms with Crippen LogP contribution in [0.5, 0.6) is 0 Å². The first-order valence-corrected chi connectivity index (χ1v) is 8.56. The van der Waals surface area contributed by atoms with E-state index in [-0.39, 0.29) is 0 Å². The molecule has 2 bridgehead atoms. The monoisotopic (exact) mass is 422 g/mol. The minimum absolute atomic E-state index is 0.572. The average Bonchev–Trinajstić information content (AvgIpc) is 3.22. The second-order valence-electron chi connectivity index (χ2n) is 6.89. The largest absolute Gasteiger partial charge is 0.469 e. The SMILES string of the molecule is C=C(C(=O)OC(C)CC(=O)OC1C2OC(=O)C3C2OC1C3C(=O)OC)C(F)(F)F. The van der Waals surface area contributed by atoms with Crippen molar-refractivity contribution in [2.75, 3.05) is 7.11 Å². The van der Waals surface area contributed by atoms with Crippen LogP contribution in [0, 0.1) is 11.8 Å². The standard InChI is InChI=1S/C17H17F3O9/c1-5(26-14(22)6(2)17(18,19)20)4-7(21)27-12-10-8(15(23)25-3)9-11(28-10)13(12)29-16(9)24/h5,8-13H,2,4H2,1,3H3. The summed E-state index contributed by atoms with van der Waals surface area (Å²) in [6.07, 6.45) is -10.5. The number of ether oxygens (including phenoxy) is 5. The highest BCUT2D eigenvalue weighted by Gasteiger charge is 2.72. The van der Waals surface area contributed by atoms with Crippen LogP contribution in [0.15, 0.2) is 12.2 Å². The van der Waals surface area contributed by atoms with Crippen molar-refractivity contribution in [3.63, 3.8) is 0 Å². The molecule has 160 valence electrons. The zero-order chi connectivity index (χ0) is 21.7. The van der Waals surface area contributed by atoms with Crippen molar-refractivity contribution < 1.29 is 56.0 Å². The number of carbonyl (C=O) groups is 4. The summed E-state index contributed by atoms with van der Waals surface area (Å²) in [6, 6.07) is 0. The lowest BCUT2D eigenvalue weighted by Gasteiger charge is -2.27. The fourth-order valence-electron chi connectivity index (χ4n) is 3.72. The Kier molecular flexibility index (Phi) is 5.32. The van der Waals surface area contributed by atoms with Crippen molar-refractivity contribution in [2.24, 2.45) is 11.8 Å². The number of rotatable bonds is 6. The molecule has 0 aliphatic carbocycles. The van der Waals surface area contributed by atoms with Gasteiger partial charge in [0.25, 0.3) is 0 Å². The molecule has 0 radical (unpaired) electrons. The summed E-state index contributed by atoms with van der Waals surface area (Å²) in [5.41, 5.74) is -1.70.